The van der Waals surface area contributed by atoms with E-state index in [1.807, 2.05) is 6.07 Å². The zero-order valence-electron chi connectivity index (χ0n) is 36.8. The molecule has 0 aliphatic heterocycles. The topological polar surface area (TPSA) is 21.3 Å². The third-order valence-corrected chi connectivity index (χ3v) is 13.7. The zero-order chi connectivity index (χ0) is 44.3. The Balaban J connectivity index is 0.997. The fourth-order valence-corrected chi connectivity index (χ4v) is 10.6. The van der Waals surface area contributed by atoms with Crippen LogP contribution in [0.25, 0.3) is 99.9 Å². The van der Waals surface area contributed by atoms with E-state index in [0.717, 1.165) is 74.2 Å². The number of para-hydroxylation sites is 2. The van der Waals surface area contributed by atoms with Crippen molar-refractivity contribution in [3.63, 3.8) is 0 Å². The highest BCUT2D eigenvalue weighted by Gasteiger charge is 2.24. The van der Waals surface area contributed by atoms with Crippen LogP contribution in [0.4, 0.5) is 17.1 Å². The smallest absolute Gasteiger partial charge is 0.136 e. The summed E-state index contributed by atoms with van der Waals surface area (Å²) in [5, 5.41) is 5.94. The molecular formula is C64H44N2O. The minimum atomic E-state index is 0.886. The first-order chi connectivity index (χ1) is 33.2. The van der Waals surface area contributed by atoms with E-state index in [2.05, 4.69) is 246 Å². The van der Waals surface area contributed by atoms with Crippen molar-refractivity contribution in [1.82, 2.24) is 4.57 Å². The number of allylic oxidation sites excluding steroid dienone is 1. The Morgan fingerprint density at radius 2 is 1.00 bits per heavy atom. The van der Waals surface area contributed by atoms with Gasteiger partial charge < -0.3 is 13.9 Å². The third kappa shape index (κ3) is 6.58. The monoisotopic (exact) mass is 856 g/mol. The van der Waals surface area contributed by atoms with E-state index >= 15 is 0 Å². The van der Waals surface area contributed by atoms with Gasteiger partial charge in [0, 0.05) is 49.7 Å². The lowest BCUT2D eigenvalue weighted by molar-refractivity contribution is 0.669. The van der Waals surface area contributed by atoms with Gasteiger partial charge in [-0.05, 0) is 118 Å². The van der Waals surface area contributed by atoms with Gasteiger partial charge in [0.2, 0.25) is 0 Å². The van der Waals surface area contributed by atoms with Crippen molar-refractivity contribution in [3.05, 3.63) is 248 Å². The molecule has 0 saturated carbocycles. The molecule has 316 valence electrons. The average molecular weight is 857 g/mol. The van der Waals surface area contributed by atoms with Crippen LogP contribution in [0.1, 0.15) is 17.7 Å². The molecule has 2 heterocycles. The molecule has 10 aromatic carbocycles. The molecule has 0 saturated heterocycles. The van der Waals surface area contributed by atoms with Crippen LogP contribution in [0.5, 0.6) is 0 Å². The van der Waals surface area contributed by atoms with Gasteiger partial charge in [0.1, 0.15) is 11.2 Å². The van der Waals surface area contributed by atoms with Gasteiger partial charge in [0.25, 0.3) is 0 Å². The quantitative estimate of drug-likeness (QED) is 0.152. The van der Waals surface area contributed by atoms with Crippen LogP contribution in [0.3, 0.4) is 0 Å². The second-order valence-corrected chi connectivity index (χ2v) is 17.5. The summed E-state index contributed by atoms with van der Waals surface area (Å²) in [5.41, 5.74) is 19.5. The molecule has 0 unspecified atom stereocenters. The van der Waals surface area contributed by atoms with Crippen LogP contribution in [0.15, 0.2) is 241 Å². The molecule has 12 aromatic rings. The Labute approximate surface area is 389 Å². The largest absolute Gasteiger partial charge is 0.456 e. The first kappa shape index (κ1) is 38.8. The fraction of sp³-hybridized carbons (Fsp3) is 0.0312. The molecule has 13 rings (SSSR count). The highest BCUT2D eigenvalue weighted by atomic mass is 16.3. The number of furan rings is 1. The van der Waals surface area contributed by atoms with E-state index < -0.39 is 0 Å². The van der Waals surface area contributed by atoms with Gasteiger partial charge in [-0.3, -0.25) is 0 Å². The number of hydrogen-bond acceptors (Lipinski definition) is 2. The maximum Gasteiger partial charge on any atom is 0.136 e. The molecular weight excluding hydrogens is 813 g/mol. The highest BCUT2D eigenvalue weighted by Crippen LogP contribution is 2.46. The van der Waals surface area contributed by atoms with Crippen molar-refractivity contribution >= 4 is 66.8 Å². The molecule has 0 spiro atoms. The predicted molar refractivity (Wildman–Crippen MR) is 282 cm³/mol. The maximum atomic E-state index is 6.55. The molecule has 2 aromatic heterocycles. The summed E-state index contributed by atoms with van der Waals surface area (Å²) in [6, 6.07) is 83.6. The summed E-state index contributed by atoms with van der Waals surface area (Å²) in [6.45, 7) is 0. The number of anilines is 3. The normalized spacial score (nSPS) is 12.3. The number of hydrogen-bond donors (Lipinski definition) is 0. The van der Waals surface area contributed by atoms with Gasteiger partial charge in [-0.1, -0.05) is 182 Å². The van der Waals surface area contributed by atoms with Crippen LogP contribution in [0.2, 0.25) is 0 Å². The number of nitrogens with zero attached hydrogens (tertiary/aromatic N) is 2. The fourth-order valence-electron chi connectivity index (χ4n) is 10.6. The van der Waals surface area contributed by atoms with E-state index in [4.69, 9.17) is 4.42 Å². The van der Waals surface area contributed by atoms with Gasteiger partial charge in [-0.25, -0.2) is 0 Å². The standard InChI is InChI=1S/C64H44N2O/c1-3-16-43(17-4-1)44-30-35-48(36-31-44)65(60-41-40-50(45-18-5-2-6-19-45)52-20-7-8-21-53(52)60)49-37-32-46(33-38-49)51-25-15-28-61(66-58-26-12-9-22-54(58)55-23-10-13-27-59(55)66)64(51)47-34-39-57-56-24-11-14-29-62(56)67-63(57)42-47/h1-12,14-26,28-42H,13,27H2. The summed E-state index contributed by atoms with van der Waals surface area (Å²) in [7, 11) is 0. The first-order valence-corrected chi connectivity index (χ1v) is 23.2. The predicted octanol–water partition coefficient (Wildman–Crippen LogP) is 17.8. The maximum absolute atomic E-state index is 6.55. The van der Waals surface area contributed by atoms with Crippen LogP contribution in [-0.2, 0) is 6.42 Å². The molecule has 0 N–H and O–H groups in total. The van der Waals surface area contributed by atoms with E-state index in [9.17, 15) is 0 Å². The van der Waals surface area contributed by atoms with Crippen LogP contribution < -0.4 is 4.90 Å². The molecule has 3 heteroatoms. The Bertz CT molecular complexity index is 3840. The minimum absolute atomic E-state index is 0.886. The second kappa shape index (κ2) is 16.1. The Morgan fingerprint density at radius 3 is 1.78 bits per heavy atom. The van der Waals surface area contributed by atoms with Crippen molar-refractivity contribution in [2.75, 3.05) is 4.90 Å². The number of benzene rings is 10. The van der Waals surface area contributed by atoms with Gasteiger partial charge in [-0.15, -0.1) is 0 Å². The summed E-state index contributed by atoms with van der Waals surface area (Å²) in [6.07, 6.45) is 6.62. The zero-order valence-corrected chi connectivity index (χ0v) is 36.8. The summed E-state index contributed by atoms with van der Waals surface area (Å²) in [5.74, 6) is 0. The molecule has 1 aliphatic rings. The van der Waals surface area contributed by atoms with Crippen LogP contribution in [0, 0.1) is 0 Å². The van der Waals surface area contributed by atoms with Crippen molar-refractivity contribution in [2.45, 2.75) is 12.8 Å². The lowest BCUT2D eigenvalue weighted by Gasteiger charge is -2.28. The van der Waals surface area contributed by atoms with Crippen molar-refractivity contribution in [2.24, 2.45) is 0 Å². The number of aromatic nitrogens is 1. The SMILES string of the molecule is C1=Cc2c(n(-c3cccc(-c4ccc(N(c5ccc(-c6ccccc6)cc5)c5ccc(-c6ccccc6)c6ccccc56)cc4)c3-c3ccc4c(c3)oc3ccccc34)c3ccccc23)CC1. The van der Waals surface area contributed by atoms with Gasteiger partial charge in [0.15, 0.2) is 0 Å². The molecule has 0 atom stereocenters. The van der Waals surface area contributed by atoms with Gasteiger partial charge >= 0.3 is 0 Å². The van der Waals surface area contributed by atoms with Crippen molar-refractivity contribution < 1.29 is 4.42 Å². The van der Waals surface area contributed by atoms with Gasteiger partial charge in [-0.2, -0.15) is 0 Å². The summed E-state index contributed by atoms with van der Waals surface area (Å²) >= 11 is 0. The lowest BCUT2D eigenvalue weighted by atomic mass is 9.91. The summed E-state index contributed by atoms with van der Waals surface area (Å²) in [4.78, 5) is 2.41. The molecule has 1 aliphatic carbocycles. The average Bonchev–Trinajstić information content (AvgIpc) is 3.95. The Hall–Kier alpha value is -8.66. The van der Waals surface area contributed by atoms with E-state index in [1.165, 1.54) is 60.8 Å². The van der Waals surface area contributed by atoms with E-state index in [-0.39, 0.29) is 0 Å². The molecule has 67 heavy (non-hydrogen) atoms. The lowest BCUT2D eigenvalue weighted by Crippen LogP contribution is -2.10. The molecule has 0 amide bonds. The second-order valence-electron chi connectivity index (χ2n) is 17.5. The molecule has 3 nitrogen and oxygen atoms in total. The first-order valence-electron chi connectivity index (χ1n) is 23.2. The molecule has 0 radical (unpaired) electrons. The van der Waals surface area contributed by atoms with Crippen LogP contribution in [-0.4, -0.2) is 4.57 Å². The third-order valence-electron chi connectivity index (χ3n) is 13.7. The van der Waals surface area contributed by atoms with Crippen molar-refractivity contribution in [3.8, 4) is 50.2 Å². The Kier molecular flexibility index (Phi) is 9.31. The highest BCUT2D eigenvalue weighted by molar-refractivity contribution is 6.08. The van der Waals surface area contributed by atoms with E-state index in [1.54, 1.807) is 0 Å². The minimum Gasteiger partial charge on any atom is -0.456 e. The van der Waals surface area contributed by atoms with E-state index in [0.29, 0.717) is 0 Å². The molecule has 0 bridgehead atoms. The Morgan fingerprint density at radius 1 is 0.403 bits per heavy atom. The number of fused-ring (bicyclic) bond motifs is 7. The van der Waals surface area contributed by atoms with Gasteiger partial charge in [0.05, 0.1) is 16.9 Å². The summed E-state index contributed by atoms with van der Waals surface area (Å²) < 4.78 is 9.07. The van der Waals surface area contributed by atoms with Crippen LogP contribution >= 0.6 is 0 Å². The van der Waals surface area contributed by atoms with Crippen molar-refractivity contribution in [1.29, 1.82) is 0 Å². The molecule has 0 fully saturated rings. The number of rotatable bonds is 8.